The number of phenolic OH excluding ortho intramolecular Hbond substituents is 1. The molecule has 4 heteroatoms. The molecule has 3 aliphatic rings. The molecular weight excluding hydrogens is 338 g/mol. The van der Waals surface area contributed by atoms with E-state index in [1.165, 1.54) is 0 Å². The molecule has 0 amide bonds. The molecule has 0 saturated carbocycles. The summed E-state index contributed by atoms with van der Waals surface area (Å²) >= 11 is 0. The lowest BCUT2D eigenvalue weighted by Crippen LogP contribution is -2.42. The third-order valence-electron chi connectivity index (χ3n) is 5.97. The number of para-hydroxylation sites is 1. The second kappa shape index (κ2) is 5.82. The van der Waals surface area contributed by atoms with Crippen molar-refractivity contribution in [3.63, 3.8) is 0 Å². The van der Waals surface area contributed by atoms with Gasteiger partial charge in [0.1, 0.15) is 5.75 Å². The van der Waals surface area contributed by atoms with Gasteiger partial charge in [-0.1, -0.05) is 45.9 Å². The average molecular weight is 365 g/mol. The van der Waals surface area contributed by atoms with Crippen molar-refractivity contribution in [2.75, 3.05) is 0 Å². The van der Waals surface area contributed by atoms with Crippen LogP contribution in [0.5, 0.6) is 5.75 Å². The van der Waals surface area contributed by atoms with Gasteiger partial charge < -0.3 is 10.4 Å². The van der Waals surface area contributed by atoms with Crippen molar-refractivity contribution in [2.24, 2.45) is 10.8 Å². The van der Waals surface area contributed by atoms with Gasteiger partial charge in [0.2, 0.25) is 0 Å². The summed E-state index contributed by atoms with van der Waals surface area (Å²) < 4.78 is 0. The van der Waals surface area contributed by atoms with Crippen LogP contribution >= 0.6 is 0 Å². The Morgan fingerprint density at radius 3 is 1.81 bits per heavy atom. The Bertz CT molecular complexity index is 865. The van der Waals surface area contributed by atoms with Crippen LogP contribution in [0, 0.1) is 10.8 Å². The zero-order chi connectivity index (χ0) is 19.6. The molecule has 1 heterocycles. The number of rotatable bonds is 1. The standard InChI is InChI=1S/C23H27NO3/c1-22(2)9-14-20(17(26)11-22)19(13-7-5-6-8-16(13)25)21-15(24-14)10-23(3,4)12-18(21)27/h5-8,19,24-25H,9-12H2,1-4H3. The van der Waals surface area contributed by atoms with Crippen LogP contribution in [-0.4, -0.2) is 16.7 Å². The van der Waals surface area contributed by atoms with Gasteiger partial charge in [-0.2, -0.15) is 0 Å². The van der Waals surface area contributed by atoms with Crippen LogP contribution < -0.4 is 5.32 Å². The topological polar surface area (TPSA) is 66.4 Å². The monoisotopic (exact) mass is 365 g/mol. The number of phenols is 1. The van der Waals surface area contributed by atoms with E-state index in [0.29, 0.717) is 29.6 Å². The molecule has 4 rings (SSSR count). The molecule has 0 fully saturated rings. The number of ketones is 2. The first-order valence-electron chi connectivity index (χ1n) is 9.65. The Kier molecular flexibility index (Phi) is 3.88. The Balaban J connectivity index is 1.94. The van der Waals surface area contributed by atoms with E-state index in [-0.39, 0.29) is 28.1 Å². The average Bonchev–Trinajstić information content (AvgIpc) is 2.51. The van der Waals surface area contributed by atoms with E-state index in [2.05, 4.69) is 33.0 Å². The fourth-order valence-corrected chi connectivity index (χ4v) is 4.93. The van der Waals surface area contributed by atoms with E-state index in [4.69, 9.17) is 0 Å². The number of nitrogens with one attached hydrogen (secondary N) is 1. The van der Waals surface area contributed by atoms with Crippen LogP contribution in [0.25, 0.3) is 0 Å². The maximum atomic E-state index is 13.1. The lowest BCUT2D eigenvalue weighted by atomic mass is 9.64. The second-order valence-electron chi connectivity index (χ2n) is 9.78. The van der Waals surface area contributed by atoms with Gasteiger partial charge in [0.25, 0.3) is 0 Å². The van der Waals surface area contributed by atoms with Gasteiger partial charge in [-0.3, -0.25) is 9.59 Å². The van der Waals surface area contributed by atoms with Crippen LogP contribution in [0.2, 0.25) is 0 Å². The smallest absolute Gasteiger partial charge is 0.162 e. The first kappa shape index (κ1) is 18.0. The zero-order valence-electron chi connectivity index (χ0n) is 16.5. The van der Waals surface area contributed by atoms with Crippen LogP contribution in [0.15, 0.2) is 46.8 Å². The molecule has 27 heavy (non-hydrogen) atoms. The summed E-state index contributed by atoms with van der Waals surface area (Å²) in [5, 5.41) is 14.0. The third kappa shape index (κ3) is 3.01. The number of dihydropyridines is 1. The van der Waals surface area contributed by atoms with E-state index >= 15 is 0 Å². The van der Waals surface area contributed by atoms with Crippen molar-refractivity contribution in [3.05, 3.63) is 52.4 Å². The van der Waals surface area contributed by atoms with Crippen molar-refractivity contribution in [1.29, 1.82) is 0 Å². The lowest BCUT2D eigenvalue weighted by molar-refractivity contribution is -0.119. The zero-order valence-corrected chi connectivity index (χ0v) is 16.5. The number of hydrogen-bond donors (Lipinski definition) is 2. The highest BCUT2D eigenvalue weighted by Gasteiger charge is 2.46. The summed E-state index contributed by atoms with van der Waals surface area (Å²) in [5.74, 6) is -0.180. The number of benzene rings is 1. The Morgan fingerprint density at radius 1 is 0.852 bits per heavy atom. The quantitative estimate of drug-likeness (QED) is 0.776. The number of carbonyl (C=O) groups excluding carboxylic acids is 2. The molecule has 0 spiro atoms. The predicted octanol–water partition coefficient (Wildman–Crippen LogP) is 4.37. The summed E-state index contributed by atoms with van der Waals surface area (Å²) in [7, 11) is 0. The molecule has 2 aliphatic carbocycles. The van der Waals surface area contributed by atoms with E-state index < -0.39 is 5.92 Å². The highest BCUT2D eigenvalue weighted by molar-refractivity contribution is 6.07. The molecule has 1 aliphatic heterocycles. The van der Waals surface area contributed by atoms with Crippen molar-refractivity contribution in [1.82, 2.24) is 5.32 Å². The molecule has 0 aromatic heterocycles. The normalized spacial score (nSPS) is 24.4. The molecule has 1 aromatic rings. The molecule has 0 saturated heterocycles. The Hall–Kier alpha value is -2.36. The fourth-order valence-electron chi connectivity index (χ4n) is 4.93. The largest absolute Gasteiger partial charge is 0.508 e. The molecular formula is C23H27NO3. The number of Topliss-reactive ketones (excluding diaryl/α,β-unsaturated/α-hetero) is 2. The molecule has 0 bridgehead atoms. The number of hydrogen-bond acceptors (Lipinski definition) is 4. The van der Waals surface area contributed by atoms with E-state index in [1.807, 2.05) is 12.1 Å². The summed E-state index contributed by atoms with van der Waals surface area (Å²) in [6.07, 6.45) is 2.45. The van der Waals surface area contributed by atoms with Crippen LogP contribution in [0.1, 0.15) is 64.9 Å². The van der Waals surface area contributed by atoms with Crippen LogP contribution in [0.4, 0.5) is 0 Å². The van der Waals surface area contributed by atoms with Crippen LogP contribution in [-0.2, 0) is 9.59 Å². The molecule has 2 N–H and O–H groups in total. The van der Waals surface area contributed by atoms with Gasteiger partial charge in [0.15, 0.2) is 11.6 Å². The fraction of sp³-hybridized carbons (Fsp3) is 0.478. The van der Waals surface area contributed by atoms with Gasteiger partial charge in [0, 0.05) is 46.9 Å². The molecule has 0 atom stereocenters. The minimum atomic E-state index is -0.468. The molecule has 0 unspecified atom stereocenters. The van der Waals surface area contributed by atoms with E-state index in [9.17, 15) is 14.7 Å². The maximum absolute atomic E-state index is 13.1. The minimum absolute atomic E-state index is 0.0752. The summed E-state index contributed by atoms with van der Waals surface area (Å²) in [6, 6.07) is 7.08. The molecule has 0 radical (unpaired) electrons. The summed E-state index contributed by atoms with van der Waals surface area (Å²) in [6.45, 7) is 8.41. The predicted molar refractivity (Wildman–Crippen MR) is 104 cm³/mol. The van der Waals surface area contributed by atoms with Gasteiger partial charge in [-0.15, -0.1) is 0 Å². The second-order valence-corrected chi connectivity index (χ2v) is 9.78. The van der Waals surface area contributed by atoms with Crippen molar-refractivity contribution in [2.45, 2.75) is 59.3 Å². The summed E-state index contributed by atoms with van der Waals surface area (Å²) in [4.78, 5) is 26.3. The van der Waals surface area contributed by atoms with Crippen molar-refractivity contribution < 1.29 is 14.7 Å². The highest BCUT2D eigenvalue weighted by atomic mass is 16.3. The highest BCUT2D eigenvalue weighted by Crippen LogP contribution is 2.52. The lowest BCUT2D eigenvalue weighted by Gasteiger charge is -2.44. The van der Waals surface area contributed by atoms with Gasteiger partial charge >= 0.3 is 0 Å². The Labute approximate surface area is 160 Å². The van der Waals surface area contributed by atoms with Crippen molar-refractivity contribution in [3.8, 4) is 5.75 Å². The van der Waals surface area contributed by atoms with Crippen molar-refractivity contribution >= 4 is 11.6 Å². The number of aromatic hydroxyl groups is 1. The van der Waals surface area contributed by atoms with Gasteiger partial charge in [-0.25, -0.2) is 0 Å². The van der Waals surface area contributed by atoms with Gasteiger partial charge in [0.05, 0.1) is 0 Å². The molecule has 4 nitrogen and oxygen atoms in total. The first-order valence-corrected chi connectivity index (χ1v) is 9.65. The van der Waals surface area contributed by atoms with Gasteiger partial charge in [-0.05, 0) is 29.7 Å². The van der Waals surface area contributed by atoms with E-state index in [1.54, 1.807) is 12.1 Å². The Morgan fingerprint density at radius 2 is 1.33 bits per heavy atom. The SMILES string of the molecule is CC1(C)CC(=O)C2=C(C1)NC1=C(C(=O)CC(C)(C)C1)C2c1ccccc1O. The molecule has 142 valence electrons. The first-order chi connectivity index (χ1) is 12.6. The third-order valence-corrected chi connectivity index (χ3v) is 5.97. The van der Waals surface area contributed by atoms with E-state index in [0.717, 1.165) is 24.2 Å². The summed E-state index contributed by atoms with van der Waals surface area (Å²) in [5.41, 5.74) is 3.62. The number of allylic oxidation sites excluding steroid dienone is 4. The minimum Gasteiger partial charge on any atom is -0.508 e. The molecule has 1 aromatic carbocycles. The maximum Gasteiger partial charge on any atom is 0.162 e. The number of carbonyl (C=O) groups is 2. The van der Waals surface area contributed by atoms with Crippen LogP contribution in [0.3, 0.4) is 0 Å².